The van der Waals surface area contributed by atoms with E-state index in [0.717, 1.165) is 6.07 Å². The summed E-state index contributed by atoms with van der Waals surface area (Å²) in [6.45, 7) is 0.355. The molecule has 0 spiro atoms. The van der Waals surface area contributed by atoms with Crippen molar-refractivity contribution in [2.24, 2.45) is 0 Å². The van der Waals surface area contributed by atoms with Crippen molar-refractivity contribution in [3.8, 4) is 0 Å². The number of halogens is 1. The third-order valence-electron chi connectivity index (χ3n) is 4.13. The Hall–Kier alpha value is -3.33. The Kier molecular flexibility index (Phi) is 4.08. The van der Waals surface area contributed by atoms with Crippen molar-refractivity contribution < 1.29 is 17.2 Å². The number of fused-ring (bicyclic) bond motifs is 1. The van der Waals surface area contributed by atoms with Gasteiger partial charge in [-0.25, -0.2) is 12.8 Å². The maximum Gasteiger partial charge on any atom is 0.261 e. The van der Waals surface area contributed by atoms with Crippen molar-refractivity contribution in [1.29, 1.82) is 5.41 Å². The van der Waals surface area contributed by atoms with Gasteiger partial charge < -0.3 is 14.6 Å². The zero-order chi connectivity index (χ0) is 19.0. The number of furan rings is 1. The van der Waals surface area contributed by atoms with Gasteiger partial charge >= 0.3 is 0 Å². The van der Waals surface area contributed by atoms with Gasteiger partial charge in [-0.3, -0.25) is 10.1 Å². The predicted molar refractivity (Wildman–Crippen MR) is 100 cm³/mol. The summed E-state index contributed by atoms with van der Waals surface area (Å²) in [4.78, 5) is 1.57. The van der Waals surface area contributed by atoms with Crippen molar-refractivity contribution >= 4 is 33.1 Å². The van der Waals surface area contributed by atoms with Crippen LogP contribution in [0.4, 0.5) is 21.6 Å². The van der Waals surface area contributed by atoms with Gasteiger partial charge in [-0.2, -0.15) is 0 Å². The molecule has 138 valence electrons. The first-order valence-corrected chi connectivity index (χ1v) is 9.49. The molecule has 0 radical (unpaired) electrons. The van der Waals surface area contributed by atoms with Crippen LogP contribution in [0.15, 0.2) is 70.2 Å². The number of benzene rings is 2. The summed E-state index contributed by atoms with van der Waals surface area (Å²) in [5.41, 5.74) is 1.70. The van der Waals surface area contributed by atoms with Crippen molar-refractivity contribution in [3.63, 3.8) is 0 Å². The van der Waals surface area contributed by atoms with Crippen LogP contribution in [0, 0.1) is 11.2 Å². The van der Waals surface area contributed by atoms with Crippen LogP contribution in [0.5, 0.6) is 0 Å². The van der Waals surface area contributed by atoms with Crippen molar-refractivity contribution in [3.05, 3.63) is 72.2 Å². The molecule has 0 amide bonds. The molecule has 9 heteroatoms. The normalized spacial score (nSPS) is 13.8. The molecule has 0 fully saturated rings. The highest BCUT2D eigenvalue weighted by Gasteiger charge is 2.24. The summed E-state index contributed by atoms with van der Waals surface area (Å²) >= 11 is 0. The molecule has 7 nitrogen and oxygen atoms in total. The first kappa shape index (κ1) is 17.1. The zero-order valence-electron chi connectivity index (χ0n) is 13.9. The fourth-order valence-corrected chi connectivity index (χ4v) is 3.88. The van der Waals surface area contributed by atoms with E-state index in [4.69, 9.17) is 9.83 Å². The molecule has 1 aromatic heterocycles. The lowest BCUT2D eigenvalue weighted by Gasteiger charge is -2.29. The molecule has 0 bridgehead atoms. The molecule has 1 aliphatic rings. The van der Waals surface area contributed by atoms with E-state index in [1.54, 1.807) is 35.2 Å². The van der Waals surface area contributed by atoms with Crippen LogP contribution in [0.25, 0.3) is 0 Å². The minimum absolute atomic E-state index is 0.152. The zero-order valence-corrected chi connectivity index (χ0v) is 14.8. The van der Waals surface area contributed by atoms with E-state index in [0.29, 0.717) is 29.5 Å². The number of nitrogens with one attached hydrogen (secondary N) is 3. The maximum absolute atomic E-state index is 13.3. The lowest BCUT2D eigenvalue weighted by atomic mass is 10.2. The Morgan fingerprint density at radius 1 is 1.15 bits per heavy atom. The van der Waals surface area contributed by atoms with Crippen molar-refractivity contribution in [2.75, 3.05) is 21.6 Å². The Morgan fingerprint density at radius 2 is 1.93 bits per heavy atom. The van der Waals surface area contributed by atoms with Gasteiger partial charge in [-0.1, -0.05) is 6.07 Å². The Labute approximate surface area is 155 Å². The summed E-state index contributed by atoms with van der Waals surface area (Å²) in [5.74, 6) is 0.212. The number of sulfonamides is 1. The van der Waals surface area contributed by atoms with E-state index < -0.39 is 15.8 Å². The lowest BCUT2D eigenvalue weighted by molar-refractivity contribution is 0.577. The van der Waals surface area contributed by atoms with Crippen LogP contribution < -0.4 is 14.9 Å². The van der Waals surface area contributed by atoms with Gasteiger partial charge in [0.05, 0.1) is 23.4 Å². The number of amidine groups is 1. The molecule has 0 saturated carbocycles. The molecule has 4 rings (SSSR count). The second kappa shape index (κ2) is 6.44. The molecule has 27 heavy (non-hydrogen) atoms. The summed E-state index contributed by atoms with van der Waals surface area (Å²) in [6, 6.07) is 13.1. The third kappa shape index (κ3) is 3.24. The fraction of sp³-hybridized carbons (Fsp3) is 0.0556. The van der Waals surface area contributed by atoms with Crippen molar-refractivity contribution in [2.45, 2.75) is 4.90 Å². The number of anilines is 3. The largest absolute Gasteiger partial charge is 0.448 e. The second-order valence-electron chi connectivity index (χ2n) is 5.88. The van der Waals surface area contributed by atoms with Crippen LogP contribution >= 0.6 is 0 Å². The number of hydrogen-bond donors (Lipinski definition) is 3. The molecular formula is C18H15FN4O3S. The van der Waals surface area contributed by atoms with E-state index in [-0.39, 0.29) is 10.7 Å². The predicted octanol–water partition coefficient (Wildman–Crippen LogP) is 3.43. The molecule has 0 unspecified atom stereocenters. The minimum atomic E-state index is -3.89. The topological polar surface area (TPSA) is 98.4 Å². The molecule has 3 aromatic rings. The first-order valence-electron chi connectivity index (χ1n) is 8.00. The van der Waals surface area contributed by atoms with Gasteiger partial charge in [0, 0.05) is 11.4 Å². The number of hydrogen-bond acceptors (Lipinski definition) is 5. The number of rotatable bonds is 4. The van der Waals surface area contributed by atoms with Gasteiger partial charge in [-0.05, 0) is 48.5 Å². The SMILES string of the molecule is N=C1c2ccoc2NCN1c1ccc(NS(=O)(=O)c2cccc(F)c2)cc1. The number of nitrogens with zero attached hydrogens (tertiary/aromatic N) is 1. The third-order valence-corrected chi connectivity index (χ3v) is 5.50. The summed E-state index contributed by atoms with van der Waals surface area (Å²) in [6.07, 6.45) is 1.51. The summed E-state index contributed by atoms with van der Waals surface area (Å²) in [5, 5.41) is 11.4. The van der Waals surface area contributed by atoms with Gasteiger partial charge in [0.2, 0.25) is 5.88 Å². The van der Waals surface area contributed by atoms with Crippen LogP contribution in [-0.2, 0) is 10.0 Å². The molecule has 0 saturated heterocycles. The first-order chi connectivity index (χ1) is 12.9. The molecule has 3 N–H and O–H groups in total. The van der Waals surface area contributed by atoms with Crippen molar-refractivity contribution in [1.82, 2.24) is 0 Å². The fourth-order valence-electron chi connectivity index (χ4n) is 2.79. The Morgan fingerprint density at radius 3 is 2.67 bits per heavy atom. The standard InChI is InChI=1S/C18H15FN4O3S/c19-12-2-1-3-15(10-12)27(24,25)22-13-4-6-14(7-5-13)23-11-21-18-16(17(23)20)8-9-26-18/h1-10,20-22H,11H2. The molecule has 0 aliphatic carbocycles. The smallest absolute Gasteiger partial charge is 0.261 e. The van der Waals surface area contributed by atoms with Crippen LogP contribution in [0.1, 0.15) is 5.56 Å². The molecule has 2 aromatic carbocycles. The average Bonchev–Trinajstić information content (AvgIpc) is 3.12. The maximum atomic E-state index is 13.3. The average molecular weight is 386 g/mol. The molecule has 0 atom stereocenters. The van der Waals surface area contributed by atoms with Gasteiger partial charge in [0.15, 0.2) is 0 Å². The van der Waals surface area contributed by atoms with Crippen LogP contribution in [-0.4, -0.2) is 20.9 Å². The van der Waals surface area contributed by atoms with E-state index in [1.807, 2.05) is 0 Å². The van der Waals surface area contributed by atoms with E-state index >= 15 is 0 Å². The molecular weight excluding hydrogens is 371 g/mol. The highest BCUT2D eigenvalue weighted by Crippen LogP contribution is 2.28. The van der Waals surface area contributed by atoms with E-state index in [2.05, 4.69) is 10.0 Å². The Bertz CT molecular complexity index is 1110. The molecule has 2 heterocycles. The second-order valence-corrected chi connectivity index (χ2v) is 7.57. The van der Waals surface area contributed by atoms with Gasteiger partial charge in [0.1, 0.15) is 11.7 Å². The van der Waals surface area contributed by atoms with Crippen LogP contribution in [0.2, 0.25) is 0 Å². The molecule has 1 aliphatic heterocycles. The minimum Gasteiger partial charge on any atom is -0.448 e. The lowest BCUT2D eigenvalue weighted by Crippen LogP contribution is -2.39. The summed E-state index contributed by atoms with van der Waals surface area (Å²) < 4.78 is 45.7. The van der Waals surface area contributed by atoms with E-state index in [9.17, 15) is 12.8 Å². The van der Waals surface area contributed by atoms with E-state index in [1.165, 1.54) is 24.5 Å². The monoisotopic (exact) mass is 386 g/mol. The van der Waals surface area contributed by atoms with Crippen LogP contribution in [0.3, 0.4) is 0 Å². The van der Waals surface area contributed by atoms with Gasteiger partial charge in [-0.15, -0.1) is 0 Å². The highest BCUT2D eigenvalue weighted by atomic mass is 32.2. The quantitative estimate of drug-likeness (QED) is 0.638. The van der Waals surface area contributed by atoms with Gasteiger partial charge in [0.25, 0.3) is 10.0 Å². The highest BCUT2D eigenvalue weighted by molar-refractivity contribution is 7.92. The Balaban J connectivity index is 1.54. The summed E-state index contributed by atoms with van der Waals surface area (Å²) in [7, 11) is -3.89.